The van der Waals surface area contributed by atoms with E-state index in [4.69, 9.17) is 27.9 Å². The first-order chi connectivity index (χ1) is 10.4. The highest BCUT2D eigenvalue weighted by molar-refractivity contribution is 6.37. The smallest absolute Gasteiger partial charge is 0.170 e. The molecule has 4 nitrogen and oxygen atoms in total. The minimum absolute atomic E-state index is 0.0338. The average Bonchev–Trinajstić information content (AvgIpc) is 2.42. The standard InChI is InChI=1S/C16H12Cl2O4/c1-7-2-9(19)5-14-15(7)12(20)6-13(22-14)8-3-10(17)16(21)11(18)4-8/h2-5,13,19,21H,6H2,1H3. The van der Waals surface area contributed by atoms with Gasteiger partial charge in [0.2, 0.25) is 0 Å². The summed E-state index contributed by atoms with van der Waals surface area (Å²) in [6.45, 7) is 1.74. The molecule has 0 amide bonds. The summed E-state index contributed by atoms with van der Waals surface area (Å²) < 4.78 is 5.82. The Hall–Kier alpha value is -1.91. The predicted octanol–water partition coefficient (Wildman–Crippen LogP) is 4.42. The fourth-order valence-electron chi connectivity index (χ4n) is 2.61. The van der Waals surface area contributed by atoms with Gasteiger partial charge in [-0.05, 0) is 36.2 Å². The Morgan fingerprint density at radius 2 is 1.77 bits per heavy atom. The van der Waals surface area contributed by atoms with E-state index < -0.39 is 6.10 Å². The van der Waals surface area contributed by atoms with E-state index in [2.05, 4.69) is 0 Å². The third kappa shape index (κ3) is 2.49. The fourth-order valence-corrected chi connectivity index (χ4v) is 3.11. The van der Waals surface area contributed by atoms with E-state index in [1.807, 2.05) is 0 Å². The average molecular weight is 339 g/mol. The Labute approximate surface area is 136 Å². The van der Waals surface area contributed by atoms with Crippen LogP contribution in [0.4, 0.5) is 0 Å². The number of rotatable bonds is 1. The van der Waals surface area contributed by atoms with E-state index in [1.54, 1.807) is 6.92 Å². The SMILES string of the molecule is Cc1cc(O)cc2c1C(=O)CC(c1cc(Cl)c(O)c(Cl)c1)O2. The van der Waals surface area contributed by atoms with Crippen molar-refractivity contribution in [1.82, 2.24) is 0 Å². The molecule has 1 atom stereocenters. The topological polar surface area (TPSA) is 66.8 Å². The largest absolute Gasteiger partial charge is 0.508 e. The lowest BCUT2D eigenvalue weighted by molar-refractivity contribution is 0.0848. The molecular weight excluding hydrogens is 327 g/mol. The van der Waals surface area contributed by atoms with E-state index in [1.165, 1.54) is 24.3 Å². The summed E-state index contributed by atoms with van der Waals surface area (Å²) in [4.78, 5) is 12.4. The van der Waals surface area contributed by atoms with Gasteiger partial charge < -0.3 is 14.9 Å². The molecule has 1 aliphatic heterocycles. The van der Waals surface area contributed by atoms with Crippen LogP contribution < -0.4 is 4.74 Å². The Morgan fingerprint density at radius 1 is 1.14 bits per heavy atom. The van der Waals surface area contributed by atoms with Gasteiger partial charge in [-0.1, -0.05) is 23.2 Å². The van der Waals surface area contributed by atoms with Crippen molar-refractivity contribution < 1.29 is 19.7 Å². The number of ether oxygens (including phenoxy) is 1. The van der Waals surface area contributed by atoms with E-state index in [0.29, 0.717) is 22.4 Å². The quantitative estimate of drug-likeness (QED) is 0.807. The summed E-state index contributed by atoms with van der Waals surface area (Å²) in [6, 6.07) is 5.97. The fraction of sp³-hybridized carbons (Fsp3) is 0.188. The third-order valence-corrected chi connectivity index (χ3v) is 4.19. The Balaban J connectivity index is 2.04. The number of phenols is 2. The van der Waals surface area contributed by atoms with Crippen molar-refractivity contribution in [1.29, 1.82) is 0 Å². The Morgan fingerprint density at radius 3 is 2.41 bits per heavy atom. The number of Topliss-reactive ketones (excluding diaryl/α,β-unsaturated/α-hetero) is 1. The molecule has 0 saturated carbocycles. The van der Waals surface area contributed by atoms with Crippen molar-refractivity contribution in [3.05, 3.63) is 51.0 Å². The van der Waals surface area contributed by atoms with Crippen LogP contribution in [0.25, 0.3) is 0 Å². The minimum Gasteiger partial charge on any atom is -0.508 e. The second-order valence-electron chi connectivity index (χ2n) is 5.20. The van der Waals surface area contributed by atoms with E-state index in [0.717, 1.165) is 0 Å². The zero-order valence-electron chi connectivity index (χ0n) is 11.6. The highest BCUT2D eigenvalue weighted by Gasteiger charge is 2.30. The van der Waals surface area contributed by atoms with Gasteiger partial charge in [-0.2, -0.15) is 0 Å². The molecule has 0 radical (unpaired) electrons. The lowest BCUT2D eigenvalue weighted by Crippen LogP contribution is -2.21. The number of carbonyl (C=O) groups excluding carboxylic acids is 1. The van der Waals surface area contributed by atoms with Crippen LogP contribution in [0, 0.1) is 6.92 Å². The normalized spacial score (nSPS) is 17.0. The highest BCUT2D eigenvalue weighted by Crippen LogP contribution is 2.41. The van der Waals surface area contributed by atoms with E-state index in [-0.39, 0.29) is 33.7 Å². The lowest BCUT2D eigenvalue weighted by Gasteiger charge is -2.27. The van der Waals surface area contributed by atoms with Gasteiger partial charge in [0.05, 0.1) is 22.0 Å². The molecule has 3 rings (SSSR count). The second-order valence-corrected chi connectivity index (χ2v) is 6.02. The van der Waals surface area contributed by atoms with Crippen molar-refractivity contribution in [2.24, 2.45) is 0 Å². The summed E-state index contributed by atoms with van der Waals surface area (Å²) in [5.41, 5.74) is 1.73. The molecule has 0 saturated heterocycles. The maximum atomic E-state index is 12.4. The zero-order chi connectivity index (χ0) is 16.0. The van der Waals surface area contributed by atoms with Gasteiger partial charge in [0.25, 0.3) is 0 Å². The van der Waals surface area contributed by atoms with Crippen LogP contribution in [-0.2, 0) is 0 Å². The van der Waals surface area contributed by atoms with Gasteiger partial charge in [0.1, 0.15) is 17.6 Å². The van der Waals surface area contributed by atoms with Gasteiger partial charge in [0.15, 0.2) is 11.5 Å². The number of aromatic hydroxyl groups is 2. The molecule has 1 aliphatic rings. The molecule has 1 heterocycles. The number of ketones is 1. The van der Waals surface area contributed by atoms with Crippen molar-refractivity contribution in [3.63, 3.8) is 0 Å². The molecule has 0 aliphatic carbocycles. The molecule has 22 heavy (non-hydrogen) atoms. The van der Waals surface area contributed by atoms with Crippen LogP contribution in [0.3, 0.4) is 0 Å². The number of fused-ring (bicyclic) bond motifs is 1. The molecule has 0 fully saturated rings. The maximum absolute atomic E-state index is 12.4. The number of aryl methyl sites for hydroxylation is 1. The number of carbonyl (C=O) groups is 1. The van der Waals surface area contributed by atoms with Gasteiger partial charge in [0, 0.05) is 6.07 Å². The van der Waals surface area contributed by atoms with Crippen LogP contribution in [-0.4, -0.2) is 16.0 Å². The molecule has 0 aromatic heterocycles. The molecule has 114 valence electrons. The second kappa shape index (κ2) is 5.38. The molecule has 6 heteroatoms. The summed E-state index contributed by atoms with van der Waals surface area (Å²) in [5.74, 6) is 0.0812. The minimum atomic E-state index is -0.572. The monoisotopic (exact) mass is 338 g/mol. The van der Waals surface area contributed by atoms with Crippen LogP contribution in [0.1, 0.15) is 34.0 Å². The zero-order valence-corrected chi connectivity index (χ0v) is 13.1. The number of benzene rings is 2. The molecule has 0 bridgehead atoms. The Kier molecular flexibility index (Phi) is 3.67. The number of phenolic OH excluding ortho intramolecular Hbond substituents is 2. The van der Waals surface area contributed by atoms with Crippen molar-refractivity contribution in [2.75, 3.05) is 0 Å². The van der Waals surface area contributed by atoms with Crippen molar-refractivity contribution >= 4 is 29.0 Å². The molecule has 2 aromatic rings. The van der Waals surface area contributed by atoms with Crippen molar-refractivity contribution in [3.8, 4) is 17.2 Å². The maximum Gasteiger partial charge on any atom is 0.170 e. The molecular formula is C16H12Cl2O4. The van der Waals surface area contributed by atoms with Gasteiger partial charge in [-0.25, -0.2) is 0 Å². The van der Waals surface area contributed by atoms with Gasteiger partial charge in [-0.15, -0.1) is 0 Å². The third-order valence-electron chi connectivity index (χ3n) is 3.61. The summed E-state index contributed by atoms with van der Waals surface area (Å²) in [6.07, 6.45) is -0.437. The summed E-state index contributed by atoms with van der Waals surface area (Å²) in [7, 11) is 0. The van der Waals surface area contributed by atoms with Crippen LogP contribution >= 0.6 is 23.2 Å². The molecule has 2 aromatic carbocycles. The van der Waals surface area contributed by atoms with Gasteiger partial charge in [-0.3, -0.25) is 4.79 Å². The van der Waals surface area contributed by atoms with Crippen molar-refractivity contribution in [2.45, 2.75) is 19.4 Å². The first-order valence-corrected chi connectivity index (χ1v) is 7.33. The lowest BCUT2D eigenvalue weighted by atomic mass is 9.93. The van der Waals surface area contributed by atoms with Crippen LogP contribution in [0.2, 0.25) is 10.0 Å². The van der Waals surface area contributed by atoms with Crippen LogP contribution in [0.5, 0.6) is 17.2 Å². The van der Waals surface area contributed by atoms with Gasteiger partial charge >= 0.3 is 0 Å². The first-order valence-electron chi connectivity index (χ1n) is 6.58. The number of hydrogen-bond acceptors (Lipinski definition) is 4. The summed E-state index contributed by atoms with van der Waals surface area (Å²) >= 11 is 11.8. The highest BCUT2D eigenvalue weighted by atomic mass is 35.5. The van der Waals surface area contributed by atoms with Crippen LogP contribution in [0.15, 0.2) is 24.3 Å². The van der Waals surface area contributed by atoms with E-state index >= 15 is 0 Å². The molecule has 2 N–H and O–H groups in total. The summed E-state index contributed by atoms with van der Waals surface area (Å²) in [5, 5.41) is 19.5. The number of hydrogen-bond donors (Lipinski definition) is 2. The Bertz CT molecular complexity index is 763. The predicted molar refractivity (Wildman–Crippen MR) is 83.3 cm³/mol. The van der Waals surface area contributed by atoms with E-state index in [9.17, 15) is 15.0 Å². The first kappa shape index (κ1) is 15.0. The molecule has 1 unspecified atom stereocenters. The number of halogens is 2. The molecule has 0 spiro atoms.